The lowest BCUT2D eigenvalue weighted by atomic mass is 10.1. The zero-order valence-corrected chi connectivity index (χ0v) is 25.7. The van der Waals surface area contributed by atoms with Crippen molar-refractivity contribution in [2.24, 2.45) is 0 Å². The summed E-state index contributed by atoms with van der Waals surface area (Å²) in [6.45, 7) is 12.4. The van der Waals surface area contributed by atoms with E-state index in [2.05, 4.69) is 45.8 Å². The van der Waals surface area contributed by atoms with E-state index in [4.69, 9.17) is 16.6 Å². The normalized spacial score (nSPS) is 14.4. The van der Waals surface area contributed by atoms with E-state index in [0.29, 0.717) is 53.5 Å². The number of nitrogens with one attached hydrogen (secondary N) is 1. The Morgan fingerprint density at radius 3 is 2.51 bits per heavy atom. The summed E-state index contributed by atoms with van der Waals surface area (Å²) < 4.78 is 14.2. The Morgan fingerprint density at radius 1 is 1.05 bits per heavy atom. The molecule has 0 saturated carbocycles. The molecular formula is C31H40ClFN6OS. The van der Waals surface area contributed by atoms with Gasteiger partial charge in [-0.3, -0.25) is 4.79 Å². The van der Waals surface area contributed by atoms with Gasteiger partial charge in [-0.1, -0.05) is 61.5 Å². The summed E-state index contributed by atoms with van der Waals surface area (Å²) >= 11 is 7.86. The van der Waals surface area contributed by atoms with Crippen LogP contribution in [0.1, 0.15) is 49.5 Å². The van der Waals surface area contributed by atoms with Crippen LogP contribution in [0.25, 0.3) is 0 Å². The first kappa shape index (κ1) is 31.1. The highest BCUT2D eigenvalue weighted by molar-refractivity contribution is 7.98. The Morgan fingerprint density at radius 2 is 1.78 bits per heavy atom. The molecule has 1 atom stereocenters. The maximum absolute atomic E-state index is 14.2. The molecule has 1 aromatic heterocycles. The Bertz CT molecular complexity index is 1280. The Hall–Kier alpha value is -2.88. The quantitative estimate of drug-likeness (QED) is 0.144. The number of anilines is 2. The number of piperazine rings is 1. The molecule has 0 aliphatic carbocycles. The van der Waals surface area contributed by atoms with Gasteiger partial charge in [0.25, 0.3) is 5.91 Å². The van der Waals surface area contributed by atoms with E-state index in [1.54, 1.807) is 12.1 Å². The summed E-state index contributed by atoms with van der Waals surface area (Å²) in [7, 11) is 0. The topological polar surface area (TPSA) is 64.6 Å². The SMILES string of the molecule is CCN(CC)CCCC(C)NC(=O)c1cccc(CSc2nc(Cl)cc(N3CCN(c4ccccc4F)CC3)n2)c1. The van der Waals surface area contributed by atoms with Crippen molar-refractivity contribution in [1.29, 1.82) is 0 Å². The monoisotopic (exact) mass is 598 g/mol. The second-order valence-corrected chi connectivity index (χ2v) is 11.6. The number of benzene rings is 2. The largest absolute Gasteiger partial charge is 0.366 e. The molecule has 10 heteroatoms. The summed E-state index contributed by atoms with van der Waals surface area (Å²) in [6, 6.07) is 16.5. The molecule has 1 aliphatic rings. The van der Waals surface area contributed by atoms with Crippen LogP contribution in [0, 0.1) is 5.82 Å². The molecule has 1 fully saturated rings. The molecule has 1 aliphatic heterocycles. The summed E-state index contributed by atoms with van der Waals surface area (Å²) in [4.78, 5) is 28.7. The predicted octanol–water partition coefficient (Wildman–Crippen LogP) is 6.13. The lowest BCUT2D eigenvalue weighted by Crippen LogP contribution is -2.47. The number of amides is 1. The third-order valence-electron chi connectivity index (χ3n) is 7.40. The first-order chi connectivity index (χ1) is 19.9. The second-order valence-electron chi connectivity index (χ2n) is 10.3. The molecule has 0 bridgehead atoms. The van der Waals surface area contributed by atoms with Crippen molar-refractivity contribution in [1.82, 2.24) is 20.2 Å². The van der Waals surface area contributed by atoms with E-state index in [0.717, 1.165) is 43.9 Å². The smallest absolute Gasteiger partial charge is 0.251 e. The molecule has 0 radical (unpaired) electrons. The third kappa shape index (κ3) is 9.05. The van der Waals surface area contributed by atoms with Crippen molar-refractivity contribution in [2.45, 2.75) is 50.6 Å². The summed E-state index contributed by atoms with van der Waals surface area (Å²) in [5.74, 6) is 1.12. The molecule has 41 heavy (non-hydrogen) atoms. The number of hydrogen-bond acceptors (Lipinski definition) is 7. The molecule has 2 heterocycles. The van der Waals surface area contributed by atoms with E-state index >= 15 is 0 Å². The molecule has 3 aromatic rings. The van der Waals surface area contributed by atoms with Gasteiger partial charge < -0.3 is 20.0 Å². The molecular weight excluding hydrogens is 559 g/mol. The van der Waals surface area contributed by atoms with Crippen molar-refractivity contribution in [3.63, 3.8) is 0 Å². The Labute approximate surface area is 252 Å². The van der Waals surface area contributed by atoms with Crippen LogP contribution in [0.15, 0.2) is 59.8 Å². The molecule has 1 saturated heterocycles. The zero-order chi connectivity index (χ0) is 29.2. The van der Waals surface area contributed by atoms with Crippen LogP contribution in [-0.2, 0) is 5.75 Å². The van der Waals surface area contributed by atoms with Gasteiger partial charge in [0.15, 0.2) is 5.16 Å². The fraction of sp³-hybridized carbons (Fsp3) is 0.452. The minimum Gasteiger partial charge on any atom is -0.366 e. The van der Waals surface area contributed by atoms with Crippen molar-refractivity contribution >= 4 is 40.8 Å². The molecule has 2 aromatic carbocycles. The van der Waals surface area contributed by atoms with E-state index in [1.165, 1.54) is 17.8 Å². The molecule has 1 amide bonds. The van der Waals surface area contributed by atoms with Crippen LogP contribution in [0.4, 0.5) is 15.9 Å². The lowest BCUT2D eigenvalue weighted by Gasteiger charge is -2.36. The third-order valence-corrected chi connectivity index (χ3v) is 8.51. The first-order valence-electron chi connectivity index (χ1n) is 14.4. The van der Waals surface area contributed by atoms with E-state index < -0.39 is 0 Å². The molecule has 4 rings (SSSR count). The number of carbonyl (C=O) groups is 1. The number of para-hydroxylation sites is 1. The number of hydrogen-bond donors (Lipinski definition) is 1. The van der Waals surface area contributed by atoms with Crippen LogP contribution < -0.4 is 15.1 Å². The molecule has 0 spiro atoms. The van der Waals surface area contributed by atoms with Crippen LogP contribution in [0.5, 0.6) is 0 Å². The Kier molecular flexibility index (Phi) is 11.7. The van der Waals surface area contributed by atoms with Crippen molar-refractivity contribution < 1.29 is 9.18 Å². The number of aromatic nitrogens is 2. The van der Waals surface area contributed by atoms with E-state index in [-0.39, 0.29) is 17.8 Å². The van der Waals surface area contributed by atoms with Gasteiger partial charge in [0.05, 0.1) is 5.69 Å². The van der Waals surface area contributed by atoms with E-state index in [1.807, 2.05) is 36.4 Å². The molecule has 7 nitrogen and oxygen atoms in total. The average molecular weight is 599 g/mol. The van der Waals surface area contributed by atoms with E-state index in [9.17, 15) is 9.18 Å². The number of rotatable bonds is 13. The van der Waals surface area contributed by atoms with Gasteiger partial charge >= 0.3 is 0 Å². The highest BCUT2D eigenvalue weighted by atomic mass is 35.5. The minimum atomic E-state index is -0.202. The standard InChI is InChI=1S/C31H40ClFN6OS/c1-4-37(5-2)15-9-10-23(3)34-30(40)25-12-8-11-24(20-25)22-41-31-35-28(32)21-29(36-31)39-18-16-38(17-19-39)27-14-7-6-13-26(27)33/h6-8,11-14,20-21,23H,4-5,9-10,15-19,22H2,1-3H3,(H,34,40). The fourth-order valence-corrected chi connectivity index (χ4v) is 6.01. The van der Waals surface area contributed by atoms with Gasteiger partial charge in [0.1, 0.15) is 16.8 Å². The van der Waals surface area contributed by atoms with Gasteiger partial charge in [-0.25, -0.2) is 14.4 Å². The maximum Gasteiger partial charge on any atom is 0.251 e. The molecule has 1 N–H and O–H groups in total. The van der Waals surface area contributed by atoms with Gasteiger partial charge in [-0.05, 0) is 69.2 Å². The van der Waals surface area contributed by atoms with Crippen molar-refractivity contribution in [3.8, 4) is 0 Å². The number of nitrogens with zero attached hydrogens (tertiary/aromatic N) is 5. The lowest BCUT2D eigenvalue weighted by molar-refractivity contribution is 0.0937. The Balaban J connectivity index is 1.30. The molecule has 220 valence electrons. The first-order valence-corrected chi connectivity index (χ1v) is 15.8. The van der Waals surface area contributed by atoms with Crippen LogP contribution in [0.2, 0.25) is 5.15 Å². The minimum absolute atomic E-state index is 0.0528. The summed E-state index contributed by atoms with van der Waals surface area (Å²) in [5.41, 5.74) is 2.30. The zero-order valence-electron chi connectivity index (χ0n) is 24.2. The highest BCUT2D eigenvalue weighted by Crippen LogP contribution is 2.27. The molecule has 1 unspecified atom stereocenters. The van der Waals surface area contributed by atoms with Crippen molar-refractivity contribution in [3.05, 3.63) is 76.7 Å². The van der Waals surface area contributed by atoms with Crippen LogP contribution in [0.3, 0.4) is 0 Å². The van der Waals surface area contributed by atoms with Crippen LogP contribution >= 0.6 is 23.4 Å². The number of thioether (sulfide) groups is 1. The summed E-state index contributed by atoms with van der Waals surface area (Å²) in [5, 5.41) is 4.11. The fourth-order valence-electron chi connectivity index (χ4n) is 4.99. The van der Waals surface area contributed by atoms with Gasteiger partial charge in [0.2, 0.25) is 0 Å². The van der Waals surface area contributed by atoms with Gasteiger partial charge in [-0.15, -0.1) is 0 Å². The summed E-state index contributed by atoms with van der Waals surface area (Å²) in [6.07, 6.45) is 2.01. The van der Waals surface area contributed by atoms with Gasteiger partial charge in [0, 0.05) is 49.6 Å². The number of halogens is 2. The maximum atomic E-state index is 14.2. The predicted molar refractivity (Wildman–Crippen MR) is 168 cm³/mol. The average Bonchev–Trinajstić information content (AvgIpc) is 2.98. The number of carbonyl (C=O) groups excluding carboxylic acids is 1. The van der Waals surface area contributed by atoms with Crippen molar-refractivity contribution in [2.75, 3.05) is 55.6 Å². The highest BCUT2D eigenvalue weighted by Gasteiger charge is 2.21. The van der Waals surface area contributed by atoms with Crippen LogP contribution in [-0.4, -0.2) is 72.6 Å². The van der Waals surface area contributed by atoms with Gasteiger partial charge in [-0.2, -0.15) is 0 Å². The second kappa shape index (κ2) is 15.4.